The molecule has 0 aliphatic carbocycles. The number of nitrogens with two attached hydrogens (primary N) is 1. The number of anilines is 3. The fourth-order valence-corrected chi connectivity index (χ4v) is 1.39. The van der Waals surface area contributed by atoms with Crippen molar-refractivity contribution in [2.24, 2.45) is 0 Å². The predicted molar refractivity (Wildman–Crippen MR) is 63.1 cm³/mol. The number of rotatable bonds is 2. The molecular formula is C12H12FN3. The van der Waals surface area contributed by atoms with Crippen molar-refractivity contribution in [1.82, 2.24) is 4.98 Å². The van der Waals surface area contributed by atoms with Gasteiger partial charge in [-0.2, -0.15) is 0 Å². The zero-order valence-electron chi connectivity index (χ0n) is 8.87. The van der Waals surface area contributed by atoms with E-state index in [4.69, 9.17) is 5.73 Å². The van der Waals surface area contributed by atoms with Gasteiger partial charge in [0.2, 0.25) is 0 Å². The van der Waals surface area contributed by atoms with Gasteiger partial charge in [-0.05, 0) is 30.7 Å². The van der Waals surface area contributed by atoms with Crippen LogP contribution in [0.4, 0.5) is 21.5 Å². The van der Waals surface area contributed by atoms with E-state index in [0.29, 0.717) is 11.4 Å². The summed E-state index contributed by atoms with van der Waals surface area (Å²) in [6.07, 6.45) is 3.18. The van der Waals surface area contributed by atoms with Gasteiger partial charge in [-0.15, -0.1) is 0 Å². The van der Waals surface area contributed by atoms with E-state index in [1.165, 1.54) is 12.1 Å². The summed E-state index contributed by atoms with van der Waals surface area (Å²) in [5.74, 6) is -0.277. The van der Waals surface area contributed by atoms with Crippen molar-refractivity contribution < 1.29 is 4.39 Å². The van der Waals surface area contributed by atoms with Crippen LogP contribution in [0.5, 0.6) is 0 Å². The second-order valence-corrected chi connectivity index (χ2v) is 3.55. The quantitative estimate of drug-likeness (QED) is 0.813. The lowest BCUT2D eigenvalue weighted by molar-refractivity contribution is 0.628. The van der Waals surface area contributed by atoms with E-state index < -0.39 is 0 Å². The summed E-state index contributed by atoms with van der Waals surface area (Å²) in [5.41, 5.74) is 8.66. The molecule has 1 aromatic carbocycles. The van der Waals surface area contributed by atoms with Gasteiger partial charge in [-0.1, -0.05) is 6.07 Å². The number of aryl methyl sites for hydroxylation is 1. The molecule has 0 bridgehead atoms. The van der Waals surface area contributed by atoms with Crippen molar-refractivity contribution in [3.63, 3.8) is 0 Å². The minimum Gasteiger partial charge on any atom is -0.396 e. The first-order valence-electron chi connectivity index (χ1n) is 4.89. The van der Waals surface area contributed by atoms with Crippen LogP contribution in [-0.4, -0.2) is 4.98 Å². The number of nitrogens with zero attached hydrogens (tertiary/aromatic N) is 1. The Morgan fingerprint density at radius 3 is 2.81 bits per heavy atom. The summed E-state index contributed by atoms with van der Waals surface area (Å²) in [6.45, 7) is 1.90. The molecule has 3 N–H and O–H groups in total. The maximum absolute atomic E-state index is 13.1. The molecule has 0 aliphatic rings. The fraction of sp³-hybridized carbons (Fsp3) is 0.0833. The molecule has 0 saturated heterocycles. The SMILES string of the molecule is Cc1ccc(F)cc1Nc1ccncc1N. The van der Waals surface area contributed by atoms with E-state index >= 15 is 0 Å². The largest absolute Gasteiger partial charge is 0.396 e. The van der Waals surface area contributed by atoms with Crippen molar-refractivity contribution in [2.45, 2.75) is 6.92 Å². The van der Waals surface area contributed by atoms with Gasteiger partial charge in [-0.25, -0.2) is 4.39 Å². The second-order valence-electron chi connectivity index (χ2n) is 3.55. The Balaban J connectivity index is 2.34. The standard InChI is InChI=1S/C12H12FN3/c1-8-2-3-9(13)6-12(8)16-11-4-5-15-7-10(11)14/h2-7H,14H2,1H3,(H,15,16). The molecule has 0 unspecified atom stereocenters. The van der Waals surface area contributed by atoms with Crippen LogP contribution in [0, 0.1) is 12.7 Å². The molecule has 16 heavy (non-hydrogen) atoms. The van der Waals surface area contributed by atoms with E-state index in [0.717, 1.165) is 11.3 Å². The lowest BCUT2D eigenvalue weighted by Crippen LogP contribution is -1.98. The van der Waals surface area contributed by atoms with Gasteiger partial charge >= 0.3 is 0 Å². The van der Waals surface area contributed by atoms with Crippen LogP contribution >= 0.6 is 0 Å². The predicted octanol–water partition coefficient (Wildman–Crippen LogP) is 2.85. The summed E-state index contributed by atoms with van der Waals surface area (Å²) < 4.78 is 13.1. The smallest absolute Gasteiger partial charge is 0.125 e. The van der Waals surface area contributed by atoms with Crippen molar-refractivity contribution in [1.29, 1.82) is 0 Å². The Kier molecular flexibility index (Phi) is 2.72. The molecule has 82 valence electrons. The van der Waals surface area contributed by atoms with Crippen LogP contribution < -0.4 is 11.1 Å². The number of hydrogen-bond donors (Lipinski definition) is 2. The van der Waals surface area contributed by atoms with Gasteiger partial charge in [-0.3, -0.25) is 4.98 Å². The van der Waals surface area contributed by atoms with Crippen molar-refractivity contribution >= 4 is 17.1 Å². The molecule has 0 saturated carbocycles. The van der Waals surface area contributed by atoms with E-state index in [2.05, 4.69) is 10.3 Å². The number of nitrogens with one attached hydrogen (secondary N) is 1. The molecular weight excluding hydrogens is 205 g/mol. The Labute approximate surface area is 93.1 Å². The average molecular weight is 217 g/mol. The topological polar surface area (TPSA) is 50.9 Å². The minimum absolute atomic E-state index is 0.277. The zero-order valence-corrected chi connectivity index (χ0v) is 8.87. The van der Waals surface area contributed by atoms with Gasteiger partial charge in [0.1, 0.15) is 5.82 Å². The maximum atomic E-state index is 13.1. The summed E-state index contributed by atoms with van der Waals surface area (Å²) in [6, 6.07) is 6.33. The van der Waals surface area contributed by atoms with Gasteiger partial charge in [0.15, 0.2) is 0 Å². The number of nitrogen functional groups attached to an aromatic ring is 1. The third-order valence-corrected chi connectivity index (χ3v) is 2.32. The first kappa shape index (κ1) is 10.4. The molecule has 0 fully saturated rings. The van der Waals surface area contributed by atoms with Crippen LogP contribution in [0.15, 0.2) is 36.7 Å². The Bertz CT molecular complexity index is 511. The van der Waals surface area contributed by atoms with Gasteiger partial charge in [0, 0.05) is 11.9 Å². The third-order valence-electron chi connectivity index (χ3n) is 2.32. The summed E-state index contributed by atoms with van der Waals surface area (Å²) in [5, 5.41) is 3.08. The monoisotopic (exact) mass is 217 g/mol. The molecule has 2 aromatic rings. The number of aromatic nitrogens is 1. The molecule has 0 spiro atoms. The van der Waals surface area contributed by atoms with Crippen molar-refractivity contribution in [2.75, 3.05) is 11.1 Å². The first-order valence-corrected chi connectivity index (χ1v) is 4.89. The van der Waals surface area contributed by atoms with Crippen LogP contribution in [0.2, 0.25) is 0 Å². The molecule has 1 aromatic heterocycles. The summed E-state index contributed by atoms with van der Waals surface area (Å²) >= 11 is 0. The Morgan fingerprint density at radius 2 is 2.06 bits per heavy atom. The maximum Gasteiger partial charge on any atom is 0.125 e. The second kappa shape index (κ2) is 4.18. The minimum atomic E-state index is -0.277. The molecule has 0 radical (unpaired) electrons. The fourth-order valence-electron chi connectivity index (χ4n) is 1.39. The van der Waals surface area contributed by atoms with Crippen LogP contribution in [0.1, 0.15) is 5.56 Å². The van der Waals surface area contributed by atoms with Gasteiger partial charge < -0.3 is 11.1 Å². The summed E-state index contributed by atoms with van der Waals surface area (Å²) in [7, 11) is 0. The first-order chi connectivity index (χ1) is 7.66. The highest BCUT2D eigenvalue weighted by atomic mass is 19.1. The zero-order chi connectivity index (χ0) is 11.5. The molecule has 0 amide bonds. The Morgan fingerprint density at radius 1 is 1.25 bits per heavy atom. The highest BCUT2D eigenvalue weighted by Gasteiger charge is 2.03. The van der Waals surface area contributed by atoms with E-state index in [9.17, 15) is 4.39 Å². The van der Waals surface area contributed by atoms with Crippen molar-refractivity contribution in [3.8, 4) is 0 Å². The highest BCUT2D eigenvalue weighted by molar-refractivity contribution is 5.72. The Hall–Kier alpha value is -2.10. The number of benzene rings is 1. The van der Waals surface area contributed by atoms with Crippen molar-refractivity contribution in [3.05, 3.63) is 48.0 Å². The molecule has 1 heterocycles. The lowest BCUT2D eigenvalue weighted by atomic mass is 10.2. The van der Waals surface area contributed by atoms with E-state index in [1.807, 2.05) is 6.92 Å². The van der Waals surface area contributed by atoms with Crippen LogP contribution in [0.3, 0.4) is 0 Å². The summed E-state index contributed by atoms with van der Waals surface area (Å²) in [4.78, 5) is 3.89. The average Bonchev–Trinajstić information content (AvgIpc) is 2.27. The van der Waals surface area contributed by atoms with Crippen LogP contribution in [0.25, 0.3) is 0 Å². The molecule has 4 heteroatoms. The number of hydrogen-bond acceptors (Lipinski definition) is 3. The molecule has 2 rings (SSSR count). The number of halogens is 1. The molecule has 0 aliphatic heterocycles. The lowest BCUT2D eigenvalue weighted by Gasteiger charge is -2.11. The normalized spacial score (nSPS) is 10.1. The molecule has 0 atom stereocenters. The highest BCUT2D eigenvalue weighted by Crippen LogP contribution is 2.24. The van der Waals surface area contributed by atoms with Gasteiger partial charge in [0.05, 0.1) is 17.6 Å². The third kappa shape index (κ3) is 2.11. The van der Waals surface area contributed by atoms with Gasteiger partial charge in [0.25, 0.3) is 0 Å². The van der Waals surface area contributed by atoms with E-state index in [1.54, 1.807) is 24.5 Å². The van der Waals surface area contributed by atoms with Crippen LogP contribution in [-0.2, 0) is 0 Å². The molecule has 3 nitrogen and oxygen atoms in total. The number of pyridine rings is 1. The van der Waals surface area contributed by atoms with E-state index in [-0.39, 0.29) is 5.82 Å².